The molecule has 8 nitrogen and oxygen atoms in total. The summed E-state index contributed by atoms with van der Waals surface area (Å²) in [6.07, 6.45) is 1.87. The number of carbonyl (C=O) groups is 1. The van der Waals surface area contributed by atoms with Gasteiger partial charge in [-0.2, -0.15) is 0 Å². The fourth-order valence-electron chi connectivity index (χ4n) is 2.74. The first kappa shape index (κ1) is 15.8. The topological polar surface area (TPSA) is 86.3 Å². The molecule has 1 aliphatic rings. The molecular weight excluding hydrogens is 298 g/mol. The van der Waals surface area contributed by atoms with Gasteiger partial charge in [-0.3, -0.25) is 9.69 Å². The maximum atomic E-state index is 12.3. The van der Waals surface area contributed by atoms with E-state index in [9.17, 15) is 4.79 Å². The van der Waals surface area contributed by atoms with E-state index in [4.69, 9.17) is 9.15 Å². The molecule has 0 amide bonds. The van der Waals surface area contributed by atoms with Crippen LogP contribution in [0.5, 0.6) is 0 Å². The number of hydrogen-bond donors (Lipinski definition) is 0. The summed E-state index contributed by atoms with van der Waals surface area (Å²) >= 11 is 0. The summed E-state index contributed by atoms with van der Waals surface area (Å²) in [5.41, 5.74) is 0. The first-order valence-corrected chi connectivity index (χ1v) is 7.80. The highest BCUT2D eigenvalue weighted by Gasteiger charge is 2.28. The van der Waals surface area contributed by atoms with E-state index >= 15 is 0 Å². The van der Waals surface area contributed by atoms with Gasteiger partial charge in [0.25, 0.3) is 0 Å². The number of tetrazole rings is 1. The van der Waals surface area contributed by atoms with Gasteiger partial charge in [0.1, 0.15) is 0 Å². The highest BCUT2D eigenvalue weighted by molar-refractivity contribution is 5.93. The lowest BCUT2D eigenvalue weighted by atomic mass is 10.1. The minimum absolute atomic E-state index is 0.00124. The molecule has 0 aliphatic carbocycles. The third-order valence-corrected chi connectivity index (χ3v) is 3.96. The van der Waals surface area contributed by atoms with Crippen LogP contribution in [-0.2, 0) is 11.3 Å². The monoisotopic (exact) mass is 319 g/mol. The minimum atomic E-state index is -0.0149. The summed E-state index contributed by atoms with van der Waals surface area (Å²) in [6.45, 7) is 6.60. The predicted octanol–water partition coefficient (Wildman–Crippen LogP) is 1.32. The van der Waals surface area contributed by atoms with Crippen molar-refractivity contribution in [2.75, 3.05) is 19.8 Å². The van der Waals surface area contributed by atoms with Crippen LogP contribution < -0.4 is 0 Å². The summed E-state index contributed by atoms with van der Waals surface area (Å²) in [6, 6.07) is 3.61. The smallest absolute Gasteiger partial charge is 0.199 e. The Balaban J connectivity index is 1.69. The van der Waals surface area contributed by atoms with Gasteiger partial charge in [-0.15, -0.1) is 5.10 Å². The molecule has 1 fully saturated rings. The molecule has 1 saturated heterocycles. The zero-order valence-corrected chi connectivity index (χ0v) is 13.4. The van der Waals surface area contributed by atoms with Crippen molar-refractivity contribution in [2.24, 2.45) is 0 Å². The van der Waals surface area contributed by atoms with Gasteiger partial charge in [-0.1, -0.05) is 0 Å². The zero-order chi connectivity index (χ0) is 16.2. The lowest BCUT2D eigenvalue weighted by molar-refractivity contribution is -0.0145. The Labute approximate surface area is 134 Å². The average molecular weight is 319 g/mol. The highest BCUT2D eigenvalue weighted by atomic mass is 16.5. The zero-order valence-electron chi connectivity index (χ0n) is 13.4. The number of Topliss-reactive ketones (excluding diaryl/α,β-unsaturated/α-hetero) is 1. The fraction of sp³-hybridized carbons (Fsp3) is 0.600. The van der Waals surface area contributed by atoms with Gasteiger partial charge < -0.3 is 9.15 Å². The Kier molecular flexibility index (Phi) is 4.82. The number of carbonyl (C=O) groups excluding carboxylic acids is 1. The molecule has 0 radical (unpaired) electrons. The van der Waals surface area contributed by atoms with Gasteiger partial charge in [0.2, 0.25) is 0 Å². The van der Waals surface area contributed by atoms with Crippen molar-refractivity contribution in [3.8, 4) is 0 Å². The van der Waals surface area contributed by atoms with Crippen LogP contribution >= 0.6 is 0 Å². The number of furan rings is 1. The molecule has 0 saturated carbocycles. The Morgan fingerprint density at radius 1 is 1.48 bits per heavy atom. The molecule has 1 atom stereocenters. The van der Waals surface area contributed by atoms with Crippen LogP contribution in [0.2, 0.25) is 0 Å². The van der Waals surface area contributed by atoms with Gasteiger partial charge in [-0.05, 0) is 36.4 Å². The van der Waals surface area contributed by atoms with Crippen LogP contribution in [0, 0.1) is 0 Å². The molecule has 0 spiro atoms. The first-order valence-electron chi connectivity index (χ1n) is 7.80. The van der Waals surface area contributed by atoms with E-state index in [0.29, 0.717) is 31.9 Å². The summed E-state index contributed by atoms with van der Waals surface area (Å²) in [5.74, 6) is 1.18. The SMILES string of the molecule is CC(C)n1nnnc1CN1CCOC[C@H]1CC(=O)c1ccco1. The van der Waals surface area contributed by atoms with E-state index in [0.717, 1.165) is 12.4 Å². The van der Waals surface area contributed by atoms with Crippen molar-refractivity contribution in [1.82, 2.24) is 25.1 Å². The molecule has 0 N–H and O–H groups in total. The number of rotatable bonds is 6. The van der Waals surface area contributed by atoms with Crippen LogP contribution in [-0.4, -0.2) is 56.7 Å². The molecule has 124 valence electrons. The first-order chi connectivity index (χ1) is 11.1. The largest absolute Gasteiger partial charge is 0.461 e. The quantitative estimate of drug-likeness (QED) is 0.742. The maximum absolute atomic E-state index is 12.3. The Bertz CT molecular complexity index is 637. The molecule has 0 unspecified atom stereocenters. The van der Waals surface area contributed by atoms with Crippen LogP contribution in [0.15, 0.2) is 22.8 Å². The molecule has 2 aromatic rings. The Morgan fingerprint density at radius 2 is 2.35 bits per heavy atom. The van der Waals surface area contributed by atoms with Crippen molar-refractivity contribution >= 4 is 5.78 Å². The van der Waals surface area contributed by atoms with E-state index in [1.54, 1.807) is 16.8 Å². The highest BCUT2D eigenvalue weighted by Crippen LogP contribution is 2.17. The normalized spacial score (nSPS) is 19.3. The van der Waals surface area contributed by atoms with E-state index < -0.39 is 0 Å². The second-order valence-corrected chi connectivity index (χ2v) is 5.94. The Morgan fingerprint density at radius 3 is 3.09 bits per heavy atom. The molecule has 0 bridgehead atoms. The maximum Gasteiger partial charge on any atom is 0.199 e. The van der Waals surface area contributed by atoms with E-state index in [2.05, 4.69) is 20.4 Å². The molecule has 3 rings (SSSR count). The summed E-state index contributed by atoms with van der Waals surface area (Å²) in [5, 5.41) is 11.9. The van der Waals surface area contributed by atoms with E-state index in [1.165, 1.54) is 6.26 Å². The lowest BCUT2D eigenvalue weighted by Crippen LogP contribution is -2.46. The summed E-state index contributed by atoms with van der Waals surface area (Å²) in [7, 11) is 0. The van der Waals surface area contributed by atoms with Gasteiger partial charge in [-0.25, -0.2) is 4.68 Å². The van der Waals surface area contributed by atoms with Crippen LogP contribution in [0.25, 0.3) is 0 Å². The molecule has 23 heavy (non-hydrogen) atoms. The minimum Gasteiger partial charge on any atom is -0.461 e. The van der Waals surface area contributed by atoms with Gasteiger partial charge in [0.05, 0.1) is 32.1 Å². The molecule has 8 heteroatoms. The lowest BCUT2D eigenvalue weighted by Gasteiger charge is -2.34. The van der Waals surface area contributed by atoms with Crippen molar-refractivity contribution in [1.29, 1.82) is 0 Å². The number of morpholine rings is 1. The number of ketones is 1. The van der Waals surface area contributed by atoms with E-state index in [-0.39, 0.29) is 17.9 Å². The Hall–Kier alpha value is -2.06. The molecular formula is C15H21N5O3. The fourth-order valence-corrected chi connectivity index (χ4v) is 2.74. The van der Waals surface area contributed by atoms with Crippen LogP contribution in [0.1, 0.15) is 42.7 Å². The van der Waals surface area contributed by atoms with Crippen molar-refractivity contribution in [3.63, 3.8) is 0 Å². The molecule has 1 aliphatic heterocycles. The summed E-state index contributed by atoms with van der Waals surface area (Å²) < 4.78 is 12.5. The third-order valence-electron chi connectivity index (χ3n) is 3.96. The third kappa shape index (κ3) is 3.65. The van der Waals surface area contributed by atoms with Crippen LogP contribution in [0.3, 0.4) is 0 Å². The van der Waals surface area contributed by atoms with Gasteiger partial charge >= 0.3 is 0 Å². The van der Waals surface area contributed by atoms with E-state index in [1.807, 2.05) is 13.8 Å². The second-order valence-electron chi connectivity index (χ2n) is 5.94. The van der Waals surface area contributed by atoms with Crippen molar-refractivity contribution < 1.29 is 13.9 Å². The second kappa shape index (κ2) is 7.01. The predicted molar refractivity (Wildman–Crippen MR) is 80.9 cm³/mol. The number of hydrogen-bond acceptors (Lipinski definition) is 7. The standard InChI is InChI=1S/C15H21N5O3/c1-11(2)20-15(16-17-18-20)9-19-5-7-22-10-12(19)8-13(21)14-4-3-6-23-14/h3-4,6,11-12H,5,7-10H2,1-2H3/t12-/m1/s1. The van der Waals surface area contributed by atoms with Crippen molar-refractivity contribution in [2.45, 2.75) is 38.9 Å². The summed E-state index contributed by atoms with van der Waals surface area (Å²) in [4.78, 5) is 14.5. The molecule has 0 aromatic carbocycles. The number of ether oxygens (including phenoxy) is 1. The average Bonchev–Trinajstić information content (AvgIpc) is 3.20. The van der Waals surface area contributed by atoms with Crippen molar-refractivity contribution in [3.05, 3.63) is 30.0 Å². The molecule has 3 heterocycles. The molecule has 2 aromatic heterocycles. The number of aromatic nitrogens is 4. The van der Waals surface area contributed by atoms with Crippen LogP contribution in [0.4, 0.5) is 0 Å². The number of nitrogens with zero attached hydrogens (tertiary/aromatic N) is 5. The van der Waals surface area contributed by atoms with Gasteiger partial charge in [0, 0.05) is 19.0 Å². The van der Waals surface area contributed by atoms with Gasteiger partial charge in [0.15, 0.2) is 17.4 Å².